The minimum absolute atomic E-state index is 0.0138. The number of nitrogens with zero attached hydrogens (tertiary/aromatic N) is 3. The first-order valence-electron chi connectivity index (χ1n) is 10.3. The highest BCUT2D eigenvalue weighted by Gasteiger charge is 2.38. The van der Waals surface area contributed by atoms with Gasteiger partial charge in [-0.15, -0.1) is 11.3 Å². The maximum absolute atomic E-state index is 13.2. The smallest absolute Gasteiger partial charge is 0.264 e. The molecule has 1 atom stereocenters. The molecule has 2 amide bonds. The molecule has 2 aromatic rings. The molecule has 0 N–H and O–H groups in total. The van der Waals surface area contributed by atoms with Crippen LogP contribution in [0.25, 0.3) is 0 Å². The lowest BCUT2D eigenvalue weighted by atomic mass is 10.1. The van der Waals surface area contributed by atoms with Gasteiger partial charge in [-0.2, -0.15) is 0 Å². The molecule has 29 heavy (non-hydrogen) atoms. The second kappa shape index (κ2) is 8.86. The molecule has 0 unspecified atom stereocenters. The number of carbonyl (C=O) groups is 2. The van der Waals surface area contributed by atoms with Crippen molar-refractivity contribution in [3.05, 3.63) is 46.7 Å². The van der Waals surface area contributed by atoms with E-state index in [2.05, 4.69) is 11.0 Å². The number of hydrogen-bond acceptors (Lipinski definition) is 5. The van der Waals surface area contributed by atoms with Crippen LogP contribution in [0.15, 0.2) is 41.8 Å². The molecule has 3 heterocycles. The first kappa shape index (κ1) is 19.8. The highest BCUT2D eigenvalue weighted by molar-refractivity contribution is 7.12. The standard InChI is InChI=1S/C22H27N3O3S/c1-2-28-19-9-4-3-7-17(19)23-12-14-24(15-13-23)21(26)18-8-5-11-25(18)22(27)20-10-6-16-29-20/h3-4,6-7,9-10,16,18H,2,5,8,11-15H2,1H3/t18-/m0/s1. The van der Waals surface area contributed by atoms with E-state index in [9.17, 15) is 9.59 Å². The number of thiophene rings is 1. The second-order valence-corrected chi connectivity index (χ2v) is 8.29. The van der Waals surface area contributed by atoms with Crippen molar-refractivity contribution in [3.8, 4) is 5.75 Å². The Morgan fingerprint density at radius 3 is 2.59 bits per heavy atom. The SMILES string of the molecule is CCOc1ccccc1N1CCN(C(=O)[C@@H]2CCCN2C(=O)c2cccs2)CC1. The van der Waals surface area contributed by atoms with E-state index in [0.29, 0.717) is 31.1 Å². The summed E-state index contributed by atoms with van der Waals surface area (Å²) in [4.78, 5) is 32.7. The highest BCUT2D eigenvalue weighted by atomic mass is 32.1. The van der Waals surface area contributed by atoms with E-state index < -0.39 is 0 Å². The van der Waals surface area contributed by atoms with E-state index in [1.54, 1.807) is 4.90 Å². The molecule has 0 bridgehead atoms. The quantitative estimate of drug-likeness (QED) is 0.756. The molecule has 2 saturated heterocycles. The summed E-state index contributed by atoms with van der Waals surface area (Å²) >= 11 is 1.44. The molecule has 2 aliphatic rings. The molecule has 4 rings (SSSR count). The van der Waals surface area contributed by atoms with Gasteiger partial charge in [0.05, 0.1) is 17.2 Å². The number of piperazine rings is 1. The number of para-hydroxylation sites is 2. The van der Waals surface area contributed by atoms with Crippen LogP contribution in [0.2, 0.25) is 0 Å². The normalized spacial score (nSPS) is 19.5. The van der Waals surface area contributed by atoms with Crippen LogP contribution in [0, 0.1) is 0 Å². The fourth-order valence-corrected chi connectivity index (χ4v) is 4.86. The first-order valence-corrected chi connectivity index (χ1v) is 11.2. The van der Waals surface area contributed by atoms with Gasteiger partial charge in [0.15, 0.2) is 0 Å². The van der Waals surface area contributed by atoms with Crippen LogP contribution >= 0.6 is 11.3 Å². The minimum Gasteiger partial charge on any atom is -0.492 e. The average molecular weight is 414 g/mol. The summed E-state index contributed by atoms with van der Waals surface area (Å²) in [5, 5.41) is 1.90. The van der Waals surface area contributed by atoms with Gasteiger partial charge in [-0.05, 0) is 43.3 Å². The number of hydrogen-bond donors (Lipinski definition) is 0. The first-order chi connectivity index (χ1) is 14.2. The van der Waals surface area contributed by atoms with Crippen molar-refractivity contribution < 1.29 is 14.3 Å². The Kier molecular flexibility index (Phi) is 6.04. The van der Waals surface area contributed by atoms with E-state index >= 15 is 0 Å². The Bertz CT molecular complexity index is 847. The van der Waals surface area contributed by atoms with E-state index in [1.165, 1.54) is 11.3 Å². The third kappa shape index (κ3) is 4.10. The lowest BCUT2D eigenvalue weighted by Gasteiger charge is -2.38. The highest BCUT2D eigenvalue weighted by Crippen LogP contribution is 2.29. The molecule has 0 spiro atoms. The van der Waals surface area contributed by atoms with Crippen molar-refractivity contribution in [2.75, 3.05) is 44.2 Å². The largest absolute Gasteiger partial charge is 0.492 e. The molecular weight excluding hydrogens is 386 g/mol. The number of likely N-dealkylation sites (tertiary alicyclic amines) is 1. The van der Waals surface area contributed by atoms with Crippen molar-refractivity contribution in [1.29, 1.82) is 0 Å². The lowest BCUT2D eigenvalue weighted by molar-refractivity contribution is -0.135. The summed E-state index contributed by atoms with van der Waals surface area (Å²) in [5.74, 6) is 0.962. The summed E-state index contributed by atoms with van der Waals surface area (Å²) in [7, 11) is 0. The number of carbonyl (C=O) groups excluding carboxylic acids is 2. The van der Waals surface area contributed by atoms with E-state index in [4.69, 9.17) is 4.74 Å². The number of amides is 2. The fourth-order valence-electron chi connectivity index (χ4n) is 4.18. The van der Waals surface area contributed by atoms with Crippen molar-refractivity contribution >= 4 is 28.8 Å². The van der Waals surface area contributed by atoms with Crippen LogP contribution in [0.5, 0.6) is 5.75 Å². The van der Waals surface area contributed by atoms with E-state index in [1.807, 2.05) is 47.5 Å². The van der Waals surface area contributed by atoms with Crippen LogP contribution in [0.3, 0.4) is 0 Å². The lowest BCUT2D eigenvalue weighted by Crippen LogP contribution is -2.54. The summed E-state index contributed by atoms with van der Waals surface area (Å²) in [6.45, 7) is 6.13. The van der Waals surface area contributed by atoms with Crippen LogP contribution in [-0.2, 0) is 4.79 Å². The van der Waals surface area contributed by atoms with Crippen molar-refractivity contribution in [1.82, 2.24) is 9.80 Å². The van der Waals surface area contributed by atoms with Gasteiger partial charge in [-0.1, -0.05) is 18.2 Å². The zero-order valence-electron chi connectivity index (χ0n) is 16.8. The number of anilines is 1. The fraction of sp³-hybridized carbons (Fsp3) is 0.455. The molecule has 0 radical (unpaired) electrons. The van der Waals surface area contributed by atoms with Crippen molar-refractivity contribution in [2.45, 2.75) is 25.8 Å². The Hall–Kier alpha value is -2.54. The van der Waals surface area contributed by atoms with Crippen LogP contribution in [-0.4, -0.2) is 67.0 Å². The third-order valence-corrected chi connectivity index (χ3v) is 6.49. The van der Waals surface area contributed by atoms with Gasteiger partial charge in [0.1, 0.15) is 11.8 Å². The molecule has 1 aromatic carbocycles. The zero-order chi connectivity index (χ0) is 20.2. The average Bonchev–Trinajstić information content (AvgIpc) is 3.46. The van der Waals surface area contributed by atoms with Crippen molar-refractivity contribution in [3.63, 3.8) is 0 Å². The number of rotatable bonds is 5. The molecular formula is C22H27N3O3S. The van der Waals surface area contributed by atoms with Crippen LogP contribution < -0.4 is 9.64 Å². The third-order valence-electron chi connectivity index (χ3n) is 5.63. The molecule has 7 heteroatoms. The molecule has 0 saturated carbocycles. The molecule has 6 nitrogen and oxygen atoms in total. The summed E-state index contributed by atoms with van der Waals surface area (Å²) in [6, 6.07) is 11.4. The molecule has 154 valence electrons. The summed E-state index contributed by atoms with van der Waals surface area (Å²) in [5.41, 5.74) is 1.08. The predicted octanol–water partition coefficient (Wildman–Crippen LogP) is 3.10. The van der Waals surface area contributed by atoms with Gasteiger partial charge >= 0.3 is 0 Å². The second-order valence-electron chi connectivity index (χ2n) is 7.35. The topological polar surface area (TPSA) is 53.1 Å². The Morgan fingerprint density at radius 2 is 1.86 bits per heavy atom. The Labute approximate surface area is 175 Å². The molecule has 0 aliphatic carbocycles. The zero-order valence-corrected chi connectivity index (χ0v) is 17.6. The predicted molar refractivity (Wildman–Crippen MR) is 115 cm³/mol. The van der Waals surface area contributed by atoms with E-state index in [-0.39, 0.29) is 17.9 Å². The van der Waals surface area contributed by atoms with Gasteiger partial charge in [0.25, 0.3) is 5.91 Å². The maximum Gasteiger partial charge on any atom is 0.264 e. The number of ether oxygens (including phenoxy) is 1. The molecule has 2 fully saturated rings. The van der Waals surface area contributed by atoms with Crippen molar-refractivity contribution in [2.24, 2.45) is 0 Å². The minimum atomic E-state index is -0.327. The van der Waals surface area contributed by atoms with Gasteiger partial charge in [0.2, 0.25) is 5.91 Å². The Morgan fingerprint density at radius 1 is 1.07 bits per heavy atom. The maximum atomic E-state index is 13.2. The summed E-state index contributed by atoms with van der Waals surface area (Å²) in [6.07, 6.45) is 1.64. The van der Waals surface area contributed by atoms with Gasteiger partial charge in [-0.25, -0.2) is 0 Å². The molecule has 1 aromatic heterocycles. The Balaban J connectivity index is 1.39. The van der Waals surface area contributed by atoms with Crippen LogP contribution in [0.4, 0.5) is 5.69 Å². The summed E-state index contributed by atoms with van der Waals surface area (Å²) < 4.78 is 5.76. The van der Waals surface area contributed by atoms with Gasteiger partial charge in [0, 0.05) is 32.7 Å². The van der Waals surface area contributed by atoms with Gasteiger partial charge in [-0.3, -0.25) is 9.59 Å². The number of benzene rings is 1. The van der Waals surface area contributed by atoms with E-state index in [0.717, 1.165) is 37.4 Å². The monoisotopic (exact) mass is 413 g/mol. The van der Waals surface area contributed by atoms with Crippen LogP contribution in [0.1, 0.15) is 29.4 Å². The van der Waals surface area contributed by atoms with Gasteiger partial charge < -0.3 is 19.4 Å². The molecule has 2 aliphatic heterocycles.